The molecule has 0 heterocycles. The first-order chi connectivity index (χ1) is 5.79. The smallest absolute Gasteiger partial charge is 0.0492 e. The zero-order chi connectivity index (χ0) is 8.60. The van der Waals surface area contributed by atoms with E-state index in [2.05, 4.69) is 6.92 Å². The van der Waals surface area contributed by atoms with Gasteiger partial charge in [0.1, 0.15) is 0 Å². The molecule has 0 aliphatic heterocycles. The molecule has 2 rings (SSSR count). The minimum absolute atomic E-state index is 0.345. The van der Waals surface area contributed by atoms with Gasteiger partial charge in [0.25, 0.3) is 0 Å². The molecule has 2 aliphatic carbocycles. The fraction of sp³-hybridized carbons (Fsp3) is 1.00. The number of hydrogen-bond donors (Lipinski definition) is 1. The van der Waals surface area contributed by atoms with E-state index >= 15 is 0 Å². The molecular formula is C11H20O. The Hall–Kier alpha value is -0.0400. The first-order valence-electron chi connectivity index (χ1n) is 5.40. The van der Waals surface area contributed by atoms with Crippen molar-refractivity contribution in [3.8, 4) is 0 Å². The van der Waals surface area contributed by atoms with Crippen LogP contribution in [0.3, 0.4) is 0 Å². The van der Waals surface area contributed by atoms with Crippen molar-refractivity contribution in [3.05, 3.63) is 0 Å². The van der Waals surface area contributed by atoms with Gasteiger partial charge in [0.05, 0.1) is 0 Å². The molecule has 12 heavy (non-hydrogen) atoms. The van der Waals surface area contributed by atoms with E-state index in [1.807, 2.05) is 0 Å². The Kier molecular flexibility index (Phi) is 2.16. The predicted molar refractivity (Wildman–Crippen MR) is 49.9 cm³/mol. The van der Waals surface area contributed by atoms with Crippen molar-refractivity contribution in [1.82, 2.24) is 0 Å². The highest BCUT2D eigenvalue weighted by Crippen LogP contribution is 2.55. The van der Waals surface area contributed by atoms with E-state index in [0.29, 0.717) is 12.0 Å². The molecule has 0 aromatic heterocycles. The van der Waals surface area contributed by atoms with Gasteiger partial charge >= 0.3 is 0 Å². The maximum atomic E-state index is 9.52. The lowest BCUT2D eigenvalue weighted by atomic mass is 9.65. The maximum Gasteiger partial charge on any atom is 0.0492 e. The number of aliphatic hydroxyl groups excluding tert-OH is 1. The van der Waals surface area contributed by atoms with Gasteiger partial charge in [-0.15, -0.1) is 0 Å². The normalized spacial score (nSPS) is 47.5. The second kappa shape index (κ2) is 3.02. The van der Waals surface area contributed by atoms with Crippen molar-refractivity contribution < 1.29 is 5.11 Å². The molecule has 0 amide bonds. The lowest BCUT2D eigenvalue weighted by molar-refractivity contribution is 0.0150. The molecule has 1 unspecified atom stereocenters. The molecule has 1 heteroatoms. The molecule has 0 saturated heterocycles. The topological polar surface area (TPSA) is 20.2 Å². The van der Waals surface area contributed by atoms with Crippen LogP contribution in [0.4, 0.5) is 0 Å². The number of fused-ring (bicyclic) bond motifs is 1. The molecule has 70 valence electrons. The van der Waals surface area contributed by atoms with E-state index in [0.717, 1.165) is 11.8 Å². The van der Waals surface area contributed by atoms with Gasteiger partial charge in [0.15, 0.2) is 0 Å². The highest BCUT2D eigenvalue weighted by molar-refractivity contribution is 4.97. The molecule has 2 aliphatic rings. The second-order valence-corrected chi connectivity index (χ2v) is 4.81. The largest absolute Gasteiger partial charge is 0.396 e. The summed E-state index contributed by atoms with van der Waals surface area (Å²) in [5.41, 5.74) is 0.345. The van der Waals surface area contributed by atoms with Crippen molar-refractivity contribution in [1.29, 1.82) is 0 Å². The van der Waals surface area contributed by atoms with Crippen LogP contribution >= 0.6 is 0 Å². The number of hydrogen-bond acceptors (Lipinski definition) is 1. The molecule has 0 spiro atoms. The highest BCUT2D eigenvalue weighted by Gasteiger charge is 2.48. The van der Waals surface area contributed by atoms with E-state index < -0.39 is 0 Å². The van der Waals surface area contributed by atoms with Crippen LogP contribution < -0.4 is 0 Å². The monoisotopic (exact) mass is 168 g/mol. The summed E-state index contributed by atoms with van der Waals surface area (Å²) >= 11 is 0. The molecule has 3 atom stereocenters. The third kappa shape index (κ3) is 1.02. The lowest BCUT2D eigenvalue weighted by Gasteiger charge is -2.41. The molecule has 2 saturated carbocycles. The Labute approximate surface area is 75.2 Å². The van der Waals surface area contributed by atoms with Gasteiger partial charge in [0, 0.05) is 6.61 Å². The summed E-state index contributed by atoms with van der Waals surface area (Å²) < 4.78 is 0. The van der Waals surface area contributed by atoms with Crippen LogP contribution in [-0.4, -0.2) is 11.7 Å². The summed E-state index contributed by atoms with van der Waals surface area (Å²) in [5.74, 6) is 1.62. The molecule has 0 bridgehead atoms. The summed E-state index contributed by atoms with van der Waals surface area (Å²) in [6.45, 7) is 2.78. The van der Waals surface area contributed by atoms with Crippen molar-refractivity contribution in [3.63, 3.8) is 0 Å². The van der Waals surface area contributed by atoms with Crippen LogP contribution in [0.1, 0.15) is 45.4 Å². The Morgan fingerprint density at radius 3 is 2.75 bits per heavy atom. The average molecular weight is 168 g/mol. The van der Waals surface area contributed by atoms with Gasteiger partial charge < -0.3 is 5.11 Å². The second-order valence-electron chi connectivity index (χ2n) is 4.81. The lowest BCUT2D eigenvalue weighted by Crippen LogP contribution is -2.37. The Balaban J connectivity index is 2.19. The van der Waals surface area contributed by atoms with E-state index in [1.165, 1.54) is 38.5 Å². The Morgan fingerprint density at radius 1 is 1.25 bits per heavy atom. The van der Waals surface area contributed by atoms with Crippen molar-refractivity contribution >= 4 is 0 Å². The molecule has 0 aromatic rings. The van der Waals surface area contributed by atoms with E-state index in [9.17, 15) is 5.11 Å². The van der Waals surface area contributed by atoms with Crippen molar-refractivity contribution in [2.75, 3.05) is 6.61 Å². The quantitative estimate of drug-likeness (QED) is 0.638. The summed E-state index contributed by atoms with van der Waals surface area (Å²) in [4.78, 5) is 0. The molecule has 0 radical (unpaired) electrons. The minimum atomic E-state index is 0.345. The number of aliphatic hydroxyl groups is 1. The summed E-state index contributed by atoms with van der Waals surface area (Å²) in [6.07, 6.45) is 8.15. The molecule has 2 fully saturated rings. The standard InChI is InChI=1S/C11H20O/c1-9-5-6-10-4-2-3-7-11(9,10)8-12/h9-10,12H,2-8H2,1H3/t9?,10-,11-/m0/s1. The Morgan fingerprint density at radius 2 is 2.08 bits per heavy atom. The highest BCUT2D eigenvalue weighted by atomic mass is 16.3. The summed E-state index contributed by atoms with van der Waals surface area (Å²) in [6, 6.07) is 0. The van der Waals surface area contributed by atoms with Crippen LogP contribution in [-0.2, 0) is 0 Å². The number of rotatable bonds is 1. The summed E-state index contributed by atoms with van der Waals surface area (Å²) in [7, 11) is 0. The van der Waals surface area contributed by atoms with Gasteiger partial charge in [-0.3, -0.25) is 0 Å². The van der Waals surface area contributed by atoms with Crippen molar-refractivity contribution in [2.24, 2.45) is 17.3 Å². The van der Waals surface area contributed by atoms with Crippen LogP contribution in [0, 0.1) is 17.3 Å². The first-order valence-corrected chi connectivity index (χ1v) is 5.40. The van der Waals surface area contributed by atoms with E-state index in [1.54, 1.807) is 0 Å². The van der Waals surface area contributed by atoms with Crippen LogP contribution in [0.2, 0.25) is 0 Å². The molecule has 1 N–H and O–H groups in total. The third-order valence-corrected chi connectivity index (χ3v) is 4.48. The third-order valence-electron chi connectivity index (χ3n) is 4.48. The molecule has 0 aromatic carbocycles. The van der Waals surface area contributed by atoms with Crippen LogP contribution in [0.5, 0.6) is 0 Å². The molecule has 1 nitrogen and oxygen atoms in total. The SMILES string of the molecule is CC1CC[C@@H]2CCCC[C@]12CO. The van der Waals surface area contributed by atoms with E-state index in [-0.39, 0.29) is 0 Å². The van der Waals surface area contributed by atoms with Crippen molar-refractivity contribution in [2.45, 2.75) is 45.4 Å². The zero-order valence-corrected chi connectivity index (χ0v) is 8.05. The van der Waals surface area contributed by atoms with Gasteiger partial charge in [-0.05, 0) is 42.9 Å². The van der Waals surface area contributed by atoms with Crippen LogP contribution in [0.15, 0.2) is 0 Å². The maximum absolute atomic E-state index is 9.52. The van der Waals surface area contributed by atoms with Gasteiger partial charge in [-0.1, -0.05) is 19.8 Å². The van der Waals surface area contributed by atoms with Gasteiger partial charge in [-0.2, -0.15) is 0 Å². The fourth-order valence-electron chi connectivity index (χ4n) is 3.52. The minimum Gasteiger partial charge on any atom is -0.396 e. The van der Waals surface area contributed by atoms with Crippen LogP contribution in [0.25, 0.3) is 0 Å². The van der Waals surface area contributed by atoms with Gasteiger partial charge in [-0.25, -0.2) is 0 Å². The van der Waals surface area contributed by atoms with E-state index in [4.69, 9.17) is 0 Å². The van der Waals surface area contributed by atoms with Gasteiger partial charge in [0.2, 0.25) is 0 Å². The first kappa shape index (κ1) is 8.55. The zero-order valence-electron chi connectivity index (χ0n) is 8.05. The predicted octanol–water partition coefficient (Wildman–Crippen LogP) is 2.59. The average Bonchev–Trinajstić information content (AvgIpc) is 2.45. The Bertz CT molecular complexity index is 164. The molecular weight excluding hydrogens is 148 g/mol. The summed E-state index contributed by atoms with van der Waals surface area (Å²) in [5, 5.41) is 9.52. The fourth-order valence-corrected chi connectivity index (χ4v) is 3.52.